The molecule has 0 spiro atoms. The van der Waals surface area contributed by atoms with E-state index in [9.17, 15) is 14.9 Å². The zero-order valence-electron chi connectivity index (χ0n) is 14.5. The van der Waals surface area contributed by atoms with E-state index in [1.807, 2.05) is 30.3 Å². The van der Waals surface area contributed by atoms with Gasteiger partial charge in [0.25, 0.3) is 11.6 Å². The third-order valence-corrected chi connectivity index (χ3v) is 4.39. The van der Waals surface area contributed by atoms with Gasteiger partial charge in [0.2, 0.25) is 0 Å². The van der Waals surface area contributed by atoms with E-state index >= 15 is 0 Å². The number of hydrogen-bond acceptors (Lipinski definition) is 5. The molecule has 2 aromatic rings. The van der Waals surface area contributed by atoms with E-state index in [2.05, 4.69) is 15.8 Å². The van der Waals surface area contributed by atoms with E-state index in [4.69, 9.17) is 0 Å². The van der Waals surface area contributed by atoms with Crippen LogP contribution in [0.2, 0.25) is 0 Å². The maximum Gasteiger partial charge on any atom is 0.270 e. The molecule has 7 nitrogen and oxygen atoms in total. The van der Waals surface area contributed by atoms with Gasteiger partial charge in [-0.05, 0) is 24.5 Å². The van der Waals surface area contributed by atoms with Crippen LogP contribution in [0.3, 0.4) is 0 Å². The van der Waals surface area contributed by atoms with Crippen molar-refractivity contribution < 1.29 is 9.72 Å². The molecular weight excluding hydrogens is 332 g/mol. The largest absolute Gasteiger partial charge is 0.348 e. The quantitative estimate of drug-likeness (QED) is 0.614. The Morgan fingerprint density at radius 3 is 2.50 bits per heavy atom. The highest BCUT2D eigenvalue weighted by atomic mass is 16.6. The fourth-order valence-electron chi connectivity index (χ4n) is 2.98. The van der Waals surface area contributed by atoms with Gasteiger partial charge in [-0.15, -0.1) is 0 Å². The van der Waals surface area contributed by atoms with Crippen LogP contribution in [-0.4, -0.2) is 28.9 Å². The van der Waals surface area contributed by atoms with Crippen LogP contribution in [0, 0.1) is 10.1 Å². The summed E-state index contributed by atoms with van der Waals surface area (Å²) in [6, 6.07) is 13.9. The summed E-state index contributed by atoms with van der Waals surface area (Å²) in [5, 5.41) is 16.0. The molecule has 1 aliphatic rings. The van der Waals surface area contributed by atoms with Crippen molar-refractivity contribution in [3.05, 3.63) is 69.8 Å². The second-order valence-electron chi connectivity index (χ2n) is 6.31. The van der Waals surface area contributed by atoms with Crippen LogP contribution < -0.4 is 10.7 Å². The number of amides is 1. The third kappa shape index (κ3) is 4.58. The van der Waals surface area contributed by atoms with Crippen molar-refractivity contribution >= 4 is 17.3 Å². The van der Waals surface area contributed by atoms with E-state index < -0.39 is 4.92 Å². The summed E-state index contributed by atoms with van der Waals surface area (Å²) < 4.78 is 0. The third-order valence-electron chi connectivity index (χ3n) is 4.39. The smallest absolute Gasteiger partial charge is 0.270 e. The number of nitro benzene ring substituents is 1. The number of carbonyl (C=O) groups excluding carboxylic acids is 1. The van der Waals surface area contributed by atoms with Crippen molar-refractivity contribution in [1.82, 2.24) is 10.3 Å². The van der Waals surface area contributed by atoms with E-state index in [0.29, 0.717) is 12.2 Å². The highest BCUT2D eigenvalue weighted by molar-refractivity contribution is 6.00. The fraction of sp³-hybridized carbons (Fsp3) is 0.316. The van der Waals surface area contributed by atoms with Crippen molar-refractivity contribution in [2.75, 3.05) is 18.5 Å². The zero-order chi connectivity index (χ0) is 18.4. The molecule has 0 aromatic heterocycles. The first kappa shape index (κ1) is 17.9. The minimum Gasteiger partial charge on any atom is -0.348 e. The van der Waals surface area contributed by atoms with Crippen LogP contribution in [-0.2, 0) is 6.54 Å². The summed E-state index contributed by atoms with van der Waals surface area (Å²) in [5.41, 5.74) is 4.98. The number of nitrogens with zero attached hydrogens (tertiary/aromatic N) is 2. The monoisotopic (exact) mass is 354 g/mol. The molecule has 0 unspecified atom stereocenters. The summed E-state index contributed by atoms with van der Waals surface area (Å²) in [7, 11) is 0. The number of benzene rings is 2. The molecule has 1 amide bonds. The molecule has 0 aliphatic carbocycles. The molecule has 3 rings (SSSR count). The SMILES string of the molecule is O=C(NCc1ccccc1)c1cc([N+](=O)[O-])ccc1NN1CCCCC1. The van der Waals surface area contributed by atoms with Crippen LogP contribution in [0.1, 0.15) is 35.2 Å². The molecule has 2 aromatic carbocycles. The Morgan fingerprint density at radius 2 is 1.81 bits per heavy atom. The van der Waals surface area contributed by atoms with Gasteiger partial charge < -0.3 is 10.7 Å². The molecule has 0 bridgehead atoms. The van der Waals surface area contributed by atoms with Gasteiger partial charge in [0.1, 0.15) is 0 Å². The Balaban J connectivity index is 1.78. The minimum absolute atomic E-state index is 0.0981. The first-order chi connectivity index (χ1) is 12.6. The standard InChI is InChI=1S/C19H22N4O3/c24-19(20-14-15-7-3-1-4-8-15)17-13-16(23(25)26)9-10-18(17)21-22-11-5-2-6-12-22/h1,3-4,7-10,13,21H,2,5-6,11-12,14H2,(H,20,24). The lowest BCUT2D eigenvalue weighted by atomic mass is 10.1. The Hall–Kier alpha value is -2.93. The fourth-order valence-corrected chi connectivity index (χ4v) is 2.98. The minimum atomic E-state index is -0.487. The van der Waals surface area contributed by atoms with Gasteiger partial charge >= 0.3 is 0 Å². The molecule has 1 heterocycles. The lowest BCUT2D eigenvalue weighted by Gasteiger charge is -2.28. The number of anilines is 1. The molecule has 2 N–H and O–H groups in total. The molecule has 1 saturated heterocycles. The van der Waals surface area contributed by atoms with Gasteiger partial charge in [0.05, 0.1) is 16.2 Å². The summed E-state index contributed by atoms with van der Waals surface area (Å²) in [5.74, 6) is -0.336. The summed E-state index contributed by atoms with van der Waals surface area (Å²) in [4.78, 5) is 23.3. The first-order valence-corrected chi connectivity index (χ1v) is 8.75. The highest BCUT2D eigenvalue weighted by Gasteiger charge is 2.19. The molecule has 26 heavy (non-hydrogen) atoms. The lowest BCUT2D eigenvalue weighted by molar-refractivity contribution is -0.384. The number of piperidine rings is 1. The predicted molar refractivity (Wildman–Crippen MR) is 99.8 cm³/mol. The van der Waals surface area contributed by atoms with Gasteiger partial charge in [-0.3, -0.25) is 14.9 Å². The number of carbonyl (C=O) groups is 1. The molecule has 1 aliphatic heterocycles. The summed E-state index contributed by atoms with van der Waals surface area (Å²) in [6.07, 6.45) is 3.38. The number of nitrogens with one attached hydrogen (secondary N) is 2. The van der Waals surface area contributed by atoms with Crippen LogP contribution in [0.4, 0.5) is 11.4 Å². The summed E-state index contributed by atoms with van der Waals surface area (Å²) >= 11 is 0. The molecular formula is C19H22N4O3. The van der Waals surface area contributed by atoms with Crippen LogP contribution in [0.25, 0.3) is 0 Å². The van der Waals surface area contributed by atoms with Crippen LogP contribution in [0.15, 0.2) is 48.5 Å². The average molecular weight is 354 g/mol. The van der Waals surface area contributed by atoms with E-state index in [1.165, 1.54) is 18.6 Å². The first-order valence-electron chi connectivity index (χ1n) is 8.75. The molecule has 0 radical (unpaired) electrons. The molecule has 136 valence electrons. The molecule has 7 heteroatoms. The van der Waals surface area contributed by atoms with Crippen LogP contribution >= 0.6 is 0 Å². The van der Waals surface area contributed by atoms with Gasteiger partial charge in [0.15, 0.2) is 0 Å². The van der Waals surface area contributed by atoms with E-state index in [-0.39, 0.29) is 17.2 Å². The second kappa shape index (κ2) is 8.44. The number of non-ortho nitro benzene ring substituents is 1. The number of hydrogen-bond donors (Lipinski definition) is 2. The number of hydrazine groups is 1. The topological polar surface area (TPSA) is 87.5 Å². The maximum absolute atomic E-state index is 12.7. The van der Waals surface area contributed by atoms with Crippen molar-refractivity contribution in [3.8, 4) is 0 Å². The Labute approximate surface area is 152 Å². The Bertz CT molecular complexity index is 774. The van der Waals surface area contributed by atoms with Crippen molar-refractivity contribution in [2.24, 2.45) is 0 Å². The Kier molecular flexibility index (Phi) is 5.80. The van der Waals surface area contributed by atoms with Gasteiger partial charge in [0, 0.05) is 31.8 Å². The van der Waals surface area contributed by atoms with Crippen molar-refractivity contribution in [1.29, 1.82) is 0 Å². The van der Waals surface area contributed by atoms with Crippen molar-refractivity contribution in [2.45, 2.75) is 25.8 Å². The van der Waals surface area contributed by atoms with Crippen molar-refractivity contribution in [3.63, 3.8) is 0 Å². The predicted octanol–water partition coefficient (Wildman–Crippen LogP) is 3.34. The summed E-state index contributed by atoms with van der Waals surface area (Å²) in [6.45, 7) is 2.15. The van der Waals surface area contributed by atoms with Gasteiger partial charge in [-0.2, -0.15) is 0 Å². The Morgan fingerprint density at radius 1 is 1.08 bits per heavy atom. The maximum atomic E-state index is 12.7. The highest BCUT2D eigenvalue weighted by Crippen LogP contribution is 2.24. The average Bonchev–Trinajstić information content (AvgIpc) is 2.68. The van der Waals surface area contributed by atoms with Crippen LogP contribution in [0.5, 0.6) is 0 Å². The van der Waals surface area contributed by atoms with E-state index in [1.54, 1.807) is 6.07 Å². The lowest BCUT2D eigenvalue weighted by Crippen LogP contribution is -2.36. The molecule has 1 fully saturated rings. The number of nitro groups is 1. The van der Waals surface area contributed by atoms with Gasteiger partial charge in [-0.25, -0.2) is 5.01 Å². The zero-order valence-corrected chi connectivity index (χ0v) is 14.5. The van der Waals surface area contributed by atoms with E-state index in [0.717, 1.165) is 31.5 Å². The molecule has 0 saturated carbocycles. The number of rotatable bonds is 6. The normalized spacial score (nSPS) is 14.6. The second-order valence-corrected chi connectivity index (χ2v) is 6.31. The van der Waals surface area contributed by atoms with Gasteiger partial charge in [-0.1, -0.05) is 36.8 Å². The molecule has 0 atom stereocenters.